The Kier molecular flexibility index (Phi) is 3.74. The van der Waals surface area contributed by atoms with Crippen LogP contribution in [0, 0.1) is 13.8 Å². The molecule has 0 fully saturated rings. The van der Waals surface area contributed by atoms with Crippen LogP contribution in [0.5, 0.6) is 0 Å². The van der Waals surface area contributed by atoms with E-state index in [-0.39, 0.29) is 5.41 Å². The summed E-state index contributed by atoms with van der Waals surface area (Å²) in [5.74, 6) is 0. The maximum absolute atomic E-state index is 2.45. The van der Waals surface area contributed by atoms with Gasteiger partial charge in [0.25, 0.3) is 0 Å². The Morgan fingerprint density at radius 2 is 1.06 bits per heavy atom. The van der Waals surface area contributed by atoms with Gasteiger partial charge in [-0.05, 0) is 80.4 Å². The Labute approximate surface area is 184 Å². The van der Waals surface area contributed by atoms with Crippen molar-refractivity contribution >= 4 is 21.5 Å². The smallest absolute Gasteiger partial charge is 0.0159 e. The highest BCUT2D eigenvalue weighted by atomic mass is 14.4. The van der Waals surface area contributed by atoms with Gasteiger partial charge in [0.05, 0.1) is 0 Å². The fourth-order valence-corrected chi connectivity index (χ4v) is 5.66. The summed E-state index contributed by atoms with van der Waals surface area (Å²) in [5, 5.41) is 5.36. The van der Waals surface area contributed by atoms with Gasteiger partial charge in [0, 0.05) is 5.41 Å². The first-order valence-electron chi connectivity index (χ1n) is 11.1. The summed E-state index contributed by atoms with van der Waals surface area (Å²) in [6.07, 6.45) is 0. The van der Waals surface area contributed by atoms with Crippen LogP contribution in [0.1, 0.15) is 36.1 Å². The van der Waals surface area contributed by atoms with Gasteiger partial charge in [-0.2, -0.15) is 0 Å². The van der Waals surface area contributed by atoms with Gasteiger partial charge in [-0.25, -0.2) is 0 Å². The zero-order valence-corrected chi connectivity index (χ0v) is 18.6. The molecular formula is C31H26. The number of rotatable bonds is 1. The van der Waals surface area contributed by atoms with E-state index >= 15 is 0 Å². The lowest BCUT2D eigenvalue weighted by atomic mass is 9.80. The Morgan fingerprint density at radius 3 is 1.68 bits per heavy atom. The van der Waals surface area contributed by atoms with Crippen LogP contribution < -0.4 is 0 Å². The monoisotopic (exact) mass is 398 g/mol. The van der Waals surface area contributed by atoms with E-state index in [2.05, 4.69) is 113 Å². The number of hydrogen-bond donors (Lipinski definition) is 0. The minimum atomic E-state index is 0.00298. The molecule has 31 heavy (non-hydrogen) atoms. The van der Waals surface area contributed by atoms with Gasteiger partial charge in [-0.1, -0.05) is 98.3 Å². The van der Waals surface area contributed by atoms with E-state index in [1.807, 2.05) is 0 Å². The molecule has 1 aliphatic rings. The fourth-order valence-electron chi connectivity index (χ4n) is 5.66. The van der Waals surface area contributed by atoms with E-state index in [9.17, 15) is 0 Å². The topological polar surface area (TPSA) is 0 Å². The van der Waals surface area contributed by atoms with Crippen LogP contribution in [0.3, 0.4) is 0 Å². The van der Waals surface area contributed by atoms with Crippen molar-refractivity contribution in [3.63, 3.8) is 0 Å². The molecule has 0 unspecified atom stereocenters. The van der Waals surface area contributed by atoms with Gasteiger partial charge in [0.1, 0.15) is 0 Å². The molecule has 0 saturated heterocycles. The molecule has 5 aromatic rings. The van der Waals surface area contributed by atoms with E-state index in [1.165, 1.54) is 66.1 Å². The first-order valence-corrected chi connectivity index (χ1v) is 11.1. The lowest BCUT2D eigenvalue weighted by molar-refractivity contribution is 0.660. The molecule has 0 nitrogen and oxygen atoms in total. The fraction of sp³-hybridized carbons (Fsp3) is 0.161. The van der Waals surface area contributed by atoms with E-state index in [0.717, 1.165) is 0 Å². The Hall–Kier alpha value is -3.38. The molecule has 0 radical (unpaired) electrons. The van der Waals surface area contributed by atoms with E-state index in [4.69, 9.17) is 0 Å². The third-order valence-electron chi connectivity index (χ3n) is 7.32. The van der Waals surface area contributed by atoms with Crippen LogP contribution >= 0.6 is 0 Å². The minimum Gasteiger partial charge on any atom is -0.0616 e. The summed E-state index contributed by atoms with van der Waals surface area (Å²) in [4.78, 5) is 0. The zero-order valence-electron chi connectivity index (χ0n) is 18.6. The molecule has 0 aliphatic heterocycles. The van der Waals surface area contributed by atoms with Gasteiger partial charge >= 0.3 is 0 Å². The van der Waals surface area contributed by atoms with Crippen LogP contribution in [-0.2, 0) is 5.41 Å². The molecule has 0 heteroatoms. The van der Waals surface area contributed by atoms with E-state index in [0.29, 0.717) is 0 Å². The highest BCUT2D eigenvalue weighted by Crippen LogP contribution is 2.50. The molecule has 0 bridgehead atoms. The number of aryl methyl sites for hydroxylation is 2. The van der Waals surface area contributed by atoms with Crippen LogP contribution in [0.15, 0.2) is 84.9 Å². The Morgan fingerprint density at radius 1 is 0.548 bits per heavy atom. The summed E-state index contributed by atoms with van der Waals surface area (Å²) in [6, 6.07) is 31.7. The summed E-state index contributed by atoms with van der Waals surface area (Å²) >= 11 is 0. The van der Waals surface area contributed by atoms with Crippen molar-refractivity contribution < 1.29 is 0 Å². The summed E-state index contributed by atoms with van der Waals surface area (Å²) in [6.45, 7) is 9.17. The number of hydrogen-bond acceptors (Lipinski definition) is 0. The van der Waals surface area contributed by atoms with Gasteiger partial charge in [0.2, 0.25) is 0 Å². The Bertz CT molecular complexity index is 1460. The standard InChI is InChI=1S/C31H26/c1-19-13-15-24-25-16-14-21(18-29(25)31(3,4)28(24)17-19)30-26-11-7-5-9-22(26)20(2)23-10-6-8-12-27(23)30/h5-18H,1-4H3. The molecule has 0 saturated carbocycles. The van der Waals surface area contributed by atoms with Crippen LogP contribution in [0.4, 0.5) is 0 Å². The predicted octanol–water partition coefficient (Wildman–Crippen LogP) is 8.58. The van der Waals surface area contributed by atoms with Gasteiger partial charge in [-0.3, -0.25) is 0 Å². The molecule has 0 amide bonds. The van der Waals surface area contributed by atoms with Crippen LogP contribution in [0.2, 0.25) is 0 Å². The predicted molar refractivity (Wildman–Crippen MR) is 134 cm³/mol. The second-order valence-electron chi connectivity index (χ2n) is 9.53. The highest BCUT2D eigenvalue weighted by Gasteiger charge is 2.35. The van der Waals surface area contributed by atoms with Gasteiger partial charge < -0.3 is 0 Å². The normalized spacial score (nSPS) is 14.1. The zero-order chi connectivity index (χ0) is 21.3. The second-order valence-corrected chi connectivity index (χ2v) is 9.53. The molecule has 1 aliphatic carbocycles. The third kappa shape index (κ3) is 2.48. The quantitative estimate of drug-likeness (QED) is 0.248. The van der Waals surface area contributed by atoms with Crippen molar-refractivity contribution in [1.29, 1.82) is 0 Å². The molecule has 0 heterocycles. The maximum Gasteiger partial charge on any atom is 0.0159 e. The molecule has 6 rings (SSSR count). The average molecular weight is 399 g/mol. The first-order chi connectivity index (χ1) is 15.0. The molecular weight excluding hydrogens is 372 g/mol. The molecule has 0 N–H and O–H groups in total. The van der Waals surface area contributed by atoms with E-state index in [1.54, 1.807) is 0 Å². The maximum atomic E-state index is 2.45. The molecule has 0 aromatic heterocycles. The van der Waals surface area contributed by atoms with Crippen LogP contribution in [0.25, 0.3) is 43.8 Å². The summed E-state index contributed by atoms with van der Waals surface area (Å²) < 4.78 is 0. The van der Waals surface area contributed by atoms with Gasteiger partial charge in [-0.15, -0.1) is 0 Å². The van der Waals surface area contributed by atoms with Crippen molar-refractivity contribution in [3.05, 3.63) is 107 Å². The second kappa shape index (κ2) is 6.31. The van der Waals surface area contributed by atoms with Gasteiger partial charge in [0.15, 0.2) is 0 Å². The molecule has 0 spiro atoms. The van der Waals surface area contributed by atoms with Crippen molar-refractivity contribution in [3.8, 4) is 22.3 Å². The minimum absolute atomic E-state index is 0.00298. The van der Waals surface area contributed by atoms with Crippen molar-refractivity contribution in [2.45, 2.75) is 33.1 Å². The van der Waals surface area contributed by atoms with Crippen molar-refractivity contribution in [2.75, 3.05) is 0 Å². The summed E-state index contributed by atoms with van der Waals surface area (Å²) in [7, 11) is 0. The average Bonchev–Trinajstić information content (AvgIpc) is 3.00. The first kappa shape index (κ1) is 18.4. The lowest BCUT2D eigenvalue weighted by Crippen LogP contribution is -2.15. The van der Waals surface area contributed by atoms with Crippen LogP contribution in [-0.4, -0.2) is 0 Å². The molecule has 150 valence electrons. The third-order valence-corrected chi connectivity index (χ3v) is 7.32. The molecule has 0 atom stereocenters. The number of benzene rings is 5. The lowest BCUT2D eigenvalue weighted by Gasteiger charge is -2.23. The highest BCUT2D eigenvalue weighted by molar-refractivity contribution is 6.15. The largest absolute Gasteiger partial charge is 0.0616 e. The van der Waals surface area contributed by atoms with Crippen molar-refractivity contribution in [1.82, 2.24) is 0 Å². The Balaban J connectivity index is 1.69. The summed E-state index contributed by atoms with van der Waals surface area (Å²) in [5.41, 5.74) is 11.0. The van der Waals surface area contributed by atoms with E-state index < -0.39 is 0 Å². The molecule has 5 aromatic carbocycles. The number of fused-ring (bicyclic) bond motifs is 5. The van der Waals surface area contributed by atoms with Crippen molar-refractivity contribution in [2.24, 2.45) is 0 Å². The SMILES string of the molecule is Cc1ccc2c(c1)C(C)(C)c1cc(-c3c4ccccc4c(C)c4ccccc34)ccc1-2.